The molecule has 3 heterocycles. The number of rotatable bonds is 2. The first-order valence-electron chi connectivity index (χ1n) is 7.83. The van der Waals surface area contributed by atoms with Crippen molar-refractivity contribution in [2.75, 3.05) is 52.9 Å². The van der Waals surface area contributed by atoms with Crippen molar-refractivity contribution in [2.24, 2.45) is 0 Å². The molecule has 3 saturated heterocycles. The quantitative estimate of drug-likeness (QED) is 0.602. The Labute approximate surface area is 129 Å². The highest BCUT2D eigenvalue weighted by Gasteiger charge is 2.52. The minimum atomic E-state index is -0.798. The van der Waals surface area contributed by atoms with Crippen LogP contribution in [0.4, 0.5) is 4.79 Å². The number of piperidine rings is 1. The summed E-state index contributed by atoms with van der Waals surface area (Å²) in [6.07, 6.45) is 1.21. The van der Waals surface area contributed by atoms with Crippen molar-refractivity contribution in [2.45, 2.75) is 18.4 Å². The summed E-state index contributed by atoms with van der Waals surface area (Å²) < 4.78 is 0. The van der Waals surface area contributed by atoms with Crippen LogP contribution in [0.25, 0.3) is 0 Å². The monoisotopic (exact) mass is 309 g/mol. The van der Waals surface area contributed by atoms with E-state index in [1.165, 1.54) is 0 Å². The maximum absolute atomic E-state index is 12.7. The molecule has 4 amide bonds. The Hall–Kier alpha value is -1.67. The molecule has 122 valence electrons. The molecule has 22 heavy (non-hydrogen) atoms. The van der Waals surface area contributed by atoms with Crippen LogP contribution in [0.2, 0.25) is 0 Å². The van der Waals surface area contributed by atoms with Crippen molar-refractivity contribution < 1.29 is 14.4 Å². The molecule has 3 fully saturated rings. The minimum Gasteiger partial charge on any atom is -0.339 e. The highest BCUT2D eigenvalue weighted by Crippen LogP contribution is 2.28. The second-order valence-corrected chi connectivity index (χ2v) is 6.34. The van der Waals surface area contributed by atoms with E-state index in [4.69, 9.17) is 0 Å². The Morgan fingerprint density at radius 1 is 1.14 bits per heavy atom. The standard InChI is InChI=1S/C14H23N5O3/c1-17-6-2-14(3-7-17)12(21)19(13(22)16-14)10-11(20)18-8-4-15-5-9-18/h15H,2-10H2,1H3,(H,16,22). The number of hydrogen-bond acceptors (Lipinski definition) is 5. The number of nitrogens with zero attached hydrogens (tertiary/aromatic N) is 3. The predicted octanol–water partition coefficient (Wildman–Crippen LogP) is -1.57. The van der Waals surface area contributed by atoms with Gasteiger partial charge < -0.3 is 20.4 Å². The Morgan fingerprint density at radius 2 is 1.77 bits per heavy atom. The molecular formula is C14H23N5O3. The maximum Gasteiger partial charge on any atom is 0.325 e. The lowest BCUT2D eigenvalue weighted by atomic mass is 9.88. The fraction of sp³-hybridized carbons (Fsp3) is 0.786. The Balaban J connectivity index is 1.65. The summed E-state index contributed by atoms with van der Waals surface area (Å²) in [5, 5.41) is 6.00. The normalized spacial score (nSPS) is 25.7. The first kappa shape index (κ1) is 15.2. The zero-order valence-electron chi connectivity index (χ0n) is 12.9. The number of hydrogen-bond donors (Lipinski definition) is 2. The third-order valence-corrected chi connectivity index (χ3v) is 4.85. The SMILES string of the molecule is CN1CCC2(CC1)NC(=O)N(CC(=O)N1CCNCC1)C2=O. The van der Waals surface area contributed by atoms with Gasteiger partial charge in [0.05, 0.1) is 0 Å². The van der Waals surface area contributed by atoms with Gasteiger partial charge in [-0.25, -0.2) is 4.79 Å². The molecule has 8 nitrogen and oxygen atoms in total. The Kier molecular flexibility index (Phi) is 4.05. The van der Waals surface area contributed by atoms with Gasteiger partial charge in [-0.15, -0.1) is 0 Å². The molecule has 0 saturated carbocycles. The van der Waals surface area contributed by atoms with Crippen LogP contribution in [0.1, 0.15) is 12.8 Å². The molecule has 0 radical (unpaired) electrons. The van der Waals surface area contributed by atoms with Gasteiger partial charge in [-0.1, -0.05) is 0 Å². The largest absolute Gasteiger partial charge is 0.339 e. The van der Waals surface area contributed by atoms with Gasteiger partial charge in [0, 0.05) is 39.3 Å². The van der Waals surface area contributed by atoms with Crippen molar-refractivity contribution >= 4 is 17.8 Å². The lowest BCUT2D eigenvalue weighted by Crippen LogP contribution is -2.54. The molecule has 3 aliphatic heterocycles. The highest BCUT2D eigenvalue weighted by atomic mass is 16.2. The van der Waals surface area contributed by atoms with Crippen LogP contribution in [0.15, 0.2) is 0 Å². The summed E-state index contributed by atoms with van der Waals surface area (Å²) in [5.41, 5.74) is -0.798. The van der Waals surface area contributed by atoms with Crippen LogP contribution in [0, 0.1) is 0 Å². The van der Waals surface area contributed by atoms with Crippen LogP contribution in [0.5, 0.6) is 0 Å². The zero-order valence-corrected chi connectivity index (χ0v) is 12.9. The number of carbonyl (C=O) groups excluding carboxylic acids is 3. The molecule has 0 aromatic rings. The molecule has 1 spiro atoms. The zero-order chi connectivity index (χ0) is 15.7. The van der Waals surface area contributed by atoms with Gasteiger partial charge >= 0.3 is 6.03 Å². The summed E-state index contributed by atoms with van der Waals surface area (Å²) >= 11 is 0. The number of amides is 4. The third kappa shape index (κ3) is 2.68. The summed E-state index contributed by atoms with van der Waals surface area (Å²) in [6.45, 7) is 4.14. The van der Waals surface area contributed by atoms with Crippen LogP contribution in [-0.2, 0) is 9.59 Å². The summed E-state index contributed by atoms with van der Waals surface area (Å²) in [4.78, 5) is 42.0. The fourth-order valence-corrected chi connectivity index (χ4v) is 3.31. The van der Waals surface area contributed by atoms with Gasteiger partial charge in [0.15, 0.2) is 0 Å². The van der Waals surface area contributed by atoms with E-state index in [1.54, 1.807) is 4.90 Å². The molecule has 0 unspecified atom stereocenters. The van der Waals surface area contributed by atoms with Gasteiger partial charge in [0.2, 0.25) is 5.91 Å². The lowest BCUT2D eigenvalue weighted by molar-refractivity contribution is -0.140. The van der Waals surface area contributed by atoms with Crippen molar-refractivity contribution in [3.05, 3.63) is 0 Å². The van der Waals surface area contributed by atoms with Crippen molar-refractivity contribution in [3.63, 3.8) is 0 Å². The summed E-state index contributed by atoms with van der Waals surface area (Å²) in [5.74, 6) is -0.399. The van der Waals surface area contributed by atoms with Crippen molar-refractivity contribution in [1.29, 1.82) is 0 Å². The molecule has 8 heteroatoms. The van der Waals surface area contributed by atoms with E-state index in [0.29, 0.717) is 25.9 Å². The highest BCUT2D eigenvalue weighted by molar-refractivity contribution is 6.09. The molecule has 0 aromatic heterocycles. The molecule has 0 atom stereocenters. The van der Waals surface area contributed by atoms with E-state index < -0.39 is 11.6 Å². The number of carbonyl (C=O) groups is 3. The summed E-state index contributed by atoms with van der Waals surface area (Å²) in [6, 6.07) is -0.432. The number of urea groups is 1. The average molecular weight is 309 g/mol. The Bertz CT molecular complexity index is 481. The first-order chi connectivity index (χ1) is 10.5. The minimum absolute atomic E-state index is 0.151. The van der Waals surface area contributed by atoms with Gasteiger partial charge in [0.25, 0.3) is 5.91 Å². The van der Waals surface area contributed by atoms with Crippen molar-refractivity contribution in [3.8, 4) is 0 Å². The van der Waals surface area contributed by atoms with E-state index in [1.807, 2.05) is 7.05 Å². The smallest absolute Gasteiger partial charge is 0.325 e. The van der Waals surface area contributed by atoms with E-state index >= 15 is 0 Å². The molecule has 2 N–H and O–H groups in total. The summed E-state index contributed by atoms with van der Waals surface area (Å²) in [7, 11) is 2.00. The topological polar surface area (TPSA) is 85.0 Å². The number of likely N-dealkylation sites (tertiary alicyclic amines) is 1. The second-order valence-electron chi connectivity index (χ2n) is 6.34. The van der Waals surface area contributed by atoms with Crippen LogP contribution in [0.3, 0.4) is 0 Å². The lowest BCUT2D eigenvalue weighted by Gasteiger charge is -2.35. The number of imide groups is 1. The van der Waals surface area contributed by atoms with Crippen LogP contribution in [-0.4, -0.2) is 90.9 Å². The molecular weight excluding hydrogens is 286 g/mol. The molecule has 0 bridgehead atoms. The third-order valence-electron chi connectivity index (χ3n) is 4.85. The van der Waals surface area contributed by atoms with E-state index in [-0.39, 0.29) is 18.4 Å². The van der Waals surface area contributed by atoms with Crippen LogP contribution < -0.4 is 10.6 Å². The first-order valence-corrected chi connectivity index (χ1v) is 7.83. The van der Waals surface area contributed by atoms with Gasteiger partial charge in [-0.2, -0.15) is 0 Å². The molecule has 3 rings (SSSR count). The van der Waals surface area contributed by atoms with E-state index in [9.17, 15) is 14.4 Å². The number of nitrogens with one attached hydrogen (secondary N) is 2. The molecule has 0 aromatic carbocycles. The second kappa shape index (κ2) is 5.85. The molecule has 3 aliphatic rings. The van der Waals surface area contributed by atoms with Gasteiger partial charge in [-0.3, -0.25) is 14.5 Å². The number of piperazine rings is 1. The van der Waals surface area contributed by atoms with Gasteiger partial charge in [-0.05, 0) is 19.9 Å². The molecule has 0 aliphatic carbocycles. The fourth-order valence-electron chi connectivity index (χ4n) is 3.31. The van der Waals surface area contributed by atoms with E-state index in [0.717, 1.165) is 31.1 Å². The van der Waals surface area contributed by atoms with Crippen LogP contribution >= 0.6 is 0 Å². The average Bonchev–Trinajstić information content (AvgIpc) is 2.76. The predicted molar refractivity (Wildman–Crippen MR) is 79.2 cm³/mol. The maximum atomic E-state index is 12.7. The van der Waals surface area contributed by atoms with Gasteiger partial charge in [0.1, 0.15) is 12.1 Å². The van der Waals surface area contributed by atoms with Crippen molar-refractivity contribution in [1.82, 2.24) is 25.3 Å². The Morgan fingerprint density at radius 3 is 2.41 bits per heavy atom. The van der Waals surface area contributed by atoms with E-state index in [2.05, 4.69) is 15.5 Å².